The molecule has 0 amide bonds. The Labute approximate surface area is 162 Å². The first kappa shape index (κ1) is 16.9. The predicted molar refractivity (Wildman–Crippen MR) is 109 cm³/mol. The van der Waals surface area contributed by atoms with Crippen molar-refractivity contribution in [1.82, 2.24) is 19.7 Å². The van der Waals surface area contributed by atoms with Gasteiger partial charge in [0.25, 0.3) is 0 Å². The van der Waals surface area contributed by atoms with E-state index in [4.69, 9.17) is 0 Å². The van der Waals surface area contributed by atoms with E-state index in [2.05, 4.69) is 44.5 Å². The number of benzene rings is 2. The van der Waals surface area contributed by atoms with E-state index in [1.807, 2.05) is 16.7 Å². The van der Waals surface area contributed by atoms with E-state index in [9.17, 15) is 4.39 Å². The molecule has 0 unspecified atom stereocenters. The summed E-state index contributed by atoms with van der Waals surface area (Å²) in [6.07, 6.45) is 5.47. The number of fused-ring (bicyclic) bond motifs is 1. The lowest BCUT2D eigenvalue weighted by Gasteiger charge is -2.29. The maximum absolute atomic E-state index is 13.6. The van der Waals surface area contributed by atoms with E-state index in [1.165, 1.54) is 17.8 Å². The van der Waals surface area contributed by atoms with Gasteiger partial charge in [0.2, 0.25) is 0 Å². The molecular formula is C22H20FN5. The molecule has 1 fully saturated rings. The lowest BCUT2D eigenvalue weighted by Crippen LogP contribution is -2.43. The molecule has 140 valence electrons. The molecule has 2 aromatic heterocycles. The van der Waals surface area contributed by atoms with Crippen molar-refractivity contribution in [2.45, 2.75) is 0 Å². The van der Waals surface area contributed by atoms with E-state index >= 15 is 0 Å². The highest BCUT2D eigenvalue weighted by Crippen LogP contribution is 2.25. The lowest BCUT2D eigenvalue weighted by molar-refractivity contribution is 0.589. The van der Waals surface area contributed by atoms with E-state index in [-0.39, 0.29) is 5.82 Å². The summed E-state index contributed by atoms with van der Waals surface area (Å²) in [5, 5.41) is 3.37. The minimum absolute atomic E-state index is 0.259. The van der Waals surface area contributed by atoms with Gasteiger partial charge in [-0.05, 0) is 24.3 Å². The lowest BCUT2D eigenvalue weighted by atomic mass is 10.1. The Morgan fingerprint density at radius 3 is 2.50 bits per heavy atom. The molecule has 0 aliphatic carbocycles. The van der Waals surface area contributed by atoms with Gasteiger partial charge in [0, 0.05) is 49.2 Å². The number of hydrogen-bond donors (Lipinski definition) is 1. The number of hydrogen-bond acceptors (Lipinski definition) is 4. The monoisotopic (exact) mass is 373 g/mol. The quantitative estimate of drug-likeness (QED) is 0.596. The number of imidazole rings is 1. The molecular weight excluding hydrogens is 353 g/mol. The SMILES string of the molecule is Fc1cccc(-c2cnc3cnc(-c4ccc(N5CCNCC5)cc4)cn23)c1. The van der Waals surface area contributed by atoms with Crippen LogP contribution in [0.2, 0.25) is 0 Å². The molecule has 5 rings (SSSR count). The van der Waals surface area contributed by atoms with Crippen molar-refractivity contribution in [2.24, 2.45) is 0 Å². The third-order valence-corrected chi connectivity index (χ3v) is 5.16. The Morgan fingerprint density at radius 2 is 1.71 bits per heavy atom. The molecule has 1 saturated heterocycles. The molecule has 0 atom stereocenters. The summed E-state index contributed by atoms with van der Waals surface area (Å²) < 4.78 is 15.6. The Balaban J connectivity index is 1.50. The fraction of sp³-hybridized carbons (Fsp3) is 0.182. The van der Waals surface area contributed by atoms with Gasteiger partial charge in [-0.1, -0.05) is 24.3 Å². The first-order chi connectivity index (χ1) is 13.8. The highest BCUT2D eigenvalue weighted by molar-refractivity contribution is 5.67. The Bertz CT molecular complexity index is 1110. The highest BCUT2D eigenvalue weighted by atomic mass is 19.1. The van der Waals surface area contributed by atoms with Crippen LogP contribution in [-0.2, 0) is 0 Å². The van der Waals surface area contributed by atoms with Gasteiger partial charge in [-0.25, -0.2) is 9.37 Å². The second-order valence-electron chi connectivity index (χ2n) is 6.94. The molecule has 28 heavy (non-hydrogen) atoms. The number of anilines is 1. The molecule has 2 aromatic carbocycles. The summed E-state index contributed by atoms with van der Waals surface area (Å²) >= 11 is 0. The van der Waals surface area contributed by atoms with E-state index in [1.54, 1.807) is 18.5 Å². The standard InChI is InChI=1S/C22H20FN5/c23-18-3-1-2-17(12-18)21-13-26-22-14-25-20(15-28(21)22)16-4-6-19(7-5-16)27-10-8-24-9-11-27/h1-7,12-15,24H,8-11H2. The van der Waals surface area contributed by atoms with Crippen LogP contribution < -0.4 is 10.2 Å². The van der Waals surface area contributed by atoms with Crippen LogP contribution in [0.5, 0.6) is 0 Å². The van der Waals surface area contributed by atoms with Crippen molar-refractivity contribution in [3.05, 3.63) is 72.9 Å². The Kier molecular flexibility index (Phi) is 4.25. The van der Waals surface area contributed by atoms with Crippen LogP contribution in [0.4, 0.5) is 10.1 Å². The molecule has 0 radical (unpaired) electrons. The Hall–Kier alpha value is -3.25. The summed E-state index contributed by atoms with van der Waals surface area (Å²) in [4.78, 5) is 11.3. The van der Waals surface area contributed by atoms with Crippen LogP contribution in [-0.4, -0.2) is 40.5 Å². The van der Waals surface area contributed by atoms with Gasteiger partial charge < -0.3 is 10.2 Å². The van der Waals surface area contributed by atoms with Crippen LogP contribution in [0.1, 0.15) is 0 Å². The average Bonchev–Trinajstić information content (AvgIpc) is 3.18. The van der Waals surface area contributed by atoms with Crippen molar-refractivity contribution in [1.29, 1.82) is 0 Å². The van der Waals surface area contributed by atoms with Gasteiger partial charge in [0.1, 0.15) is 5.82 Å². The Morgan fingerprint density at radius 1 is 0.893 bits per heavy atom. The number of nitrogens with zero attached hydrogens (tertiary/aromatic N) is 4. The zero-order chi connectivity index (χ0) is 18.9. The van der Waals surface area contributed by atoms with Crippen LogP contribution >= 0.6 is 0 Å². The molecule has 0 bridgehead atoms. The summed E-state index contributed by atoms with van der Waals surface area (Å²) in [7, 11) is 0. The van der Waals surface area contributed by atoms with Crippen molar-refractivity contribution < 1.29 is 4.39 Å². The maximum Gasteiger partial charge on any atom is 0.155 e. The van der Waals surface area contributed by atoms with Crippen LogP contribution in [0.15, 0.2) is 67.1 Å². The summed E-state index contributed by atoms with van der Waals surface area (Å²) in [5.41, 5.74) is 5.50. The molecule has 0 spiro atoms. The van der Waals surface area contributed by atoms with Gasteiger partial charge in [-0.3, -0.25) is 9.38 Å². The van der Waals surface area contributed by atoms with Gasteiger partial charge in [-0.15, -0.1) is 0 Å². The highest BCUT2D eigenvalue weighted by Gasteiger charge is 2.12. The number of aromatic nitrogens is 3. The third kappa shape index (κ3) is 3.12. The predicted octanol–water partition coefficient (Wildman–Crippen LogP) is 3.61. The number of halogens is 1. The summed E-state index contributed by atoms with van der Waals surface area (Å²) in [5.74, 6) is -0.259. The van der Waals surface area contributed by atoms with E-state index in [0.717, 1.165) is 54.3 Å². The van der Waals surface area contributed by atoms with Gasteiger partial charge in [0.15, 0.2) is 5.65 Å². The zero-order valence-corrected chi connectivity index (χ0v) is 15.3. The molecule has 4 aromatic rings. The molecule has 1 N–H and O–H groups in total. The van der Waals surface area contributed by atoms with Crippen molar-refractivity contribution in [2.75, 3.05) is 31.1 Å². The van der Waals surface area contributed by atoms with Crippen molar-refractivity contribution in [3.8, 4) is 22.5 Å². The molecule has 1 aliphatic rings. The van der Waals surface area contributed by atoms with Crippen molar-refractivity contribution >= 4 is 11.3 Å². The normalized spacial score (nSPS) is 14.5. The molecule has 6 heteroatoms. The van der Waals surface area contributed by atoms with E-state index in [0.29, 0.717) is 0 Å². The topological polar surface area (TPSA) is 45.5 Å². The fourth-order valence-electron chi connectivity index (χ4n) is 3.67. The largest absolute Gasteiger partial charge is 0.369 e. The van der Waals surface area contributed by atoms with Crippen LogP contribution in [0, 0.1) is 5.82 Å². The van der Waals surface area contributed by atoms with Gasteiger partial charge in [-0.2, -0.15) is 0 Å². The zero-order valence-electron chi connectivity index (χ0n) is 15.3. The summed E-state index contributed by atoms with van der Waals surface area (Å²) in [6.45, 7) is 4.08. The van der Waals surface area contributed by atoms with Crippen LogP contribution in [0.25, 0.3) is 28.2 Å². The first-order valence-corrected chi connectivity index (χ1v) is 9.43. The minimum Gasteiger partial charge on any atom is -0.369 e. The van der Waals surface area contributed by atoms with Crippen LogP contribution in [0.3, 0.4) is 0 Å². The molecule has 1 aliphatic heterocycles. The number of piperazine rings is 1. The average molecular weight is 373 g/mol. The maximum atomic E-state index is 13.6. The third-order valence-electron chi connectivity index (χ3n) is 5.16. The minimum atomic E-state index is -0.259. The molecule has 3 heterocycles. The number of nitrogens with one attached hydrogen (secondary N) is 1. The second kappa shape index (κ2) is 7.05. The van der Waals surface area contributed by atoms with Crippen molar-refractivity contribution in [3.63, 3.8) is 0 Å². The van der Waals surface area contributed by atoms with E-state index < -0.39 is 0 Å². The molecule has 5 nitrogen and oxygen atoms in total. The summed E-state index contributed by atoms with van der Waals surface area (Å²) in [6, 6.07) is 15.1. The van der Waals surface area contributed by atoms with Gasteiger partial charge >= 0.3 is 0 Å². The smallest absolute Gasteiger partial charge is 0.155 e. The molecule has 0 saturated carbocycles. The second-order valence-corrected chi connectivity index (χ2v) is 6.94. The van der Waals surface area contributed by atoms with Gasteiger partial charge in [0.05, 0.1) is 23.8 Å². The fourth-order valence-corrected chi connectivity index (χ4v) is 3.67. The number of rotatable bonds is 3. The first-order valence-electron chi connectivity index (χ1n) is 9.43.